The maximum Gasteiger partial charge on any atom is 0.306 e. The van der Waals surface area contributed by atoms with E-state index >= 15 is 0 Å². The van der Waals surface area contributed by atoms with Gasteiger partial charge in [0.15, 0.2) is 0 Å². The molecular weight excluding hydrogens is 278 g/mol. The van der Waals surface area contributed by atoms with Gasteiger partial charge in [0.1, 0.15) is 5.60 Å². The molecule has 0 aliphatic carbocycles. The summed E-state index contributed by atoms with van der Waals surface area (Å²) >= 11 is 0. The van der Waals surface area contributed by atoms with Crippen molar-refractivity contribution in [1.29, 1.82) is 0 Å². The maximum atomic E-state index is 11.4. The molecular formula is C18H23NO3. The van der Waals surface area contributed by atoms with Crippen molar-refractivity contribution in [2.75, 3.05) is 6.61 Å². The Morgan fingerprint density at radius 2 is 2.09 bits per heavy atom. The molecule has 1 aliphatic rings. The van der Waals surface area contributed by atoms with Crippen LogP contribution in [0.15, 0.2) is 24.3 Å². The van der Waals surface area contributed by atoms with Crippen molar-refractivity contribution < 1.29 is 14.6 Å². The summed E-state index contributed by atoms with van der Waals surface area (Å²) in [5, 5.41) is 10.6. The summed E-state index contributed by atoms with van der Waals surface area (Å²) in [6.45, 7) is 6.91. The molecule has 0 amide bonds. The lowest BCUT2D eigenvalue weighted by Crippen LogP contribution is -2.44. The van der Waals surface area contributed by atoms with Crippen LogP contribution >= 0.6 is 0 Å². The Labute approximate surface area is 130 Å². The summed E-state index contributed by atoms with van der Waals surface area (Å²) < 4.78 is 6.18. The molecule has 0 radical (unpaired) electrons. The van der Waals surface area contributed by atoms with Crippen LogP contribution in [0.25, 0.3) is 10.9 Å². The van der Waals surface area contributed by atoms with Crippen LogP contribution in [0.1, 0.15) is 51.3 Å². The second-order valence-electron chi connectivity index (χ2n) is 6.91. The highest BCUT2D eigenvalue weighted by Crippen LogP contribution is 2.48. The van der Waals surface area contributed by atoms with E-state index in [1.54, 1.807) is 0 Å². The fraction of sp³-hybridized carbons (Fsp3) is 0.500. The zero-order valence-corrected chi connectivity index (χ0v) is 13.4. The van der Waals surface area contributed by atoms with Crippen molar-refractivity contribution in [3.05, 3.63) is 35.5 Å². The quantitative estimate of drug-likeness (QED) is 0.899. The molecule has 1 aromatic heterocycles. The maximum absolute atomic E-state index is 11.4. The lowest BCUT2D eigenvalue weighted by molar-refractivity contribution is -0.152. The van der Waals surface area contributed by atoms with Crippen LogP contribution in [0.5, 0.6) is 0 Å². The third-order valence-corrected chi connectivity index (χ3v) is 4.64. The Morgan fingerprint density at radius 1 is 1.36 bits per heavy atom. The van der Waals surface area contributed by atoms with Gasteiger partial charge in [-0.3, -0.25) is 4.79 Å². The van der Waals surface area contributed by atoms with E-state index in [2.05, 4.69) is 31.8 Å². The number of ether oxygens (including phenoxy) is 1. The van der Waals surface area contributed by atoms with E-state index in [0.29, 0.717) is 13.0 Å². The Hall–Kier alpha value is -1.81. The van der Waals surface area contributed by atoms with Gasteiger partial charge in [-0.05, 0) is 18.1 Å². The summed E-state index contributed by atoms with van der Waals surface area (Å²) in [6.07, 6.45) is 1.58. The fourth-order valence-electron chi connectivity index (χ4n) is 3.72. The van der Waals surface area contributed by atoms with Gasteiger partial charge in [0.25, 0.3) is 0 Å². The normalized spacial score (nSPS) is 23.4. The number of nitrogens with one attached hydrogen (secondary N) is 1. The van der Waals surface area contributed by atoms with Crippen LogP contribution in [-0.2, 0) is 20.5 Å². The predicted octanol–water partition coefficient (Wildman–Crippen LogP) is 3.95. The number of benzene rings is 1. The number of fused-ring (bicyclic) bond motifs is 3. The first kappa shape index (κ1) is 15.1. The number of carboxylic acids is 1. The smallest absolute Gasteiger partial charge is 0.306 e. The molecule has 1 atom stereocenters. The number of aliphatic carboxylic acids is 1. The molecule has 1 unspecified atom stereocenters. The van der Waals surface area contributed by atoms with Gasteiger partial charge in [0, 0.05) is 16.3 Å². The SMILES string of the molecule is CCCC1(CC(=O)O)OCC(C)(C)c2c1[nH]c1ccccc21. The van der Waals surface area contributed by atoms with Gasteiger partial charge in [0.05, 0.1) is 18.7 Å². The van der Waals surface area contributed by atoms with Gasteiger partial charge in [0.2, 0.25) is 0 Å². The average molecular weight is 301 g/mol. The van der Waals surface area contributed by atoms with Crippen molar-refractivity contribution in [3.8, 4) is 0 Å². The number of H-pyrrole nitrogens is 1. The minimum absolute atomic E-state index is 0.00323. The van der Waals surface area contributed by atoms with E-state index < -0.39 is 11.6 Å². The lowest BCUT2D eigenvalue weighted by Gasteiger charge is -2.43. The molecule has 22 heavy (non-hydrogen) atoms. The molecule has 4 heteroatoms. The molecule has 1 aromatic carbocycles. The molecule has 4 nitrogen and oxygen atoms in total. The second-order valence-corrected chi connectivity index (χ2v) is 6.91. The molecule has 1 aliphatic heterocycles. The van der Waals surface area contributed by atoms with E-state index in [9.17, 15) is 9.90 Å². The Morgan fingerprint density at radius 3 is 2.77 bits per heavy atom. The van der Waals surface area contributed by atoms with Crippen molar-refractivity contribution >= 4 is 16.9 Å². The largest absolute Gasteiger partial charge is 0.481 e. The first-order chi connectivity index (χ1) is 10.4. The van der Waals surface area contributed by atoms with Crippen LogP contribution in [0.2, 0.25) is 0 Å². The van der Waals surface area contributed by atoms with Crippen LogP contribution in [0.4, 0.5) is 0 Å². The Kier molecular flexibility index (Phi) is 3.52. The zero-order valence-electron chi connectivity index (χ0n) is 13.4. The third-order valence-electron chi connectivity index (χ3n) is 4.64. The standard InChI is InChI=1S/C18H23NO3/c1-4-9-18(10-14(20)21)16-15(17(2,3)11-22-18)12-7-5-6-8-13(12)19-16/h5-8,19H,4,9-11H2,1-3H3,(H,20,21). The molecule has 0 spiro atoms. The van der Waals surface area contributed by atoms with Gasteiger partial charge in [-0.25, -0.2) is 0 Å². The molecule has 0 fully saturated rings. The van der Waals surface area contributed by atoms with Gasteiger partial charge < -0.3 is 14.8 Å². The van der Waals surface area contributed by atoms with Crippen LogP contribution in [0.3, 0.4) is 0 Å². The second kappa shape index (κ2) is 5.13. The number of hydrogen-bond donors (Lipinski definition) is 2. The zero-order chi connectivity index (χ0) is 16.0. The first-order valence-corrected chi connectivity index (χ1v) is 7.87. The number of hydrogen-bond acceptors (Lipinski definition) is 2. The van der Waals surface area contributed by atoms with Crippen molar-refractivity contribution in [3.63, 3.8) is 0 Å². The number of carbonyl (C=O) groups is 1. The van der Waals surface area contributed by atoms with Crippen molar-refractivity contribution in [2.45, 2.75) is 51.0 Å². The summed E-state index contributed by atoms with van der Waals surface area (Å²) in [5.74, 6) is -0.822. The molecule has 2 heterocycles. The molecule has 0 bridgehead atoms. The molecule has 2 aromatic rings. The summed E-state index contributed by atoms with van der Waals surface area (Å²) in [7, 11) is 0. The summed E-state index contributed by atoms with van der Waals surface area (Å²) in [5.41, 5.74) is 2.34. The van der Waals surface area contributed by atoms with Crippen LogP contribution < -0.4 is 0 Å². The van der Waals surface area contributed by atoms with Crippen LogP contribution in [0, 0.1) is 0 Å². The van der Waals surface area contributed by atoms with Gasteiger partial charge >= 0.3 is 5.97 Å². The summed E-state index contributed by atoms with van der Waals surface area (Å²) in [6, 6.07) is 8.17. The van der Waals surface area contributed by atoms with E-state index in [0.717, 1.165) is 17.6 Å². The molecule has 0 saturated carbocycles. The monoisotopic (exact) mass is 301 g/mol. The fourth-order valence-corrected chi connectivity index (χ4v) is 3.72. The lowest BCUT2D eigenvalue weighted by atomic mass is 9.75. The number of carboxylic acid groups (broad SMARTS) is 1. The highest BCUT2D eigenvalue weighted by molar-refractivity contribution is 5.87. The van der Waals surface area contributed by atoms with E-state index in [1.165, 1.54) is 10.9 Å². The van der Waals surface area contributed by atoms with Gasteiger partial charge in [-0.15, -0.1) is 0 Å². The van der Waals surface area contributed by atoms with Crippen molar-refractivity contribution in [1.82, 2.24) is 4.98 Å². The number of para-hydroxylation sites is 1. The topological polar surface area (TPSA) is 62.3 Å². The van der Waals surface area contributed by atoms with Crippen molar-refractivity contribution in [2.24, 2.45) is 0 Å². The first-order valence-electron chi connectivity index (χ1n) is 7.87. The van der Waals surface area contributed by atoms with Crippen LogP contribution in [-0.4, -0.2) is 22.7 Å². The van der Waals surface area contributed by atoms with E-state index in [-0.39, 0.29) is 11.8 Å². The minimum Gasteiger partial charge on any atom is -0.481 e. The Bertz CT molecular complexity index is 716. The third kappa shape index (κ3) is 2.22. The molecule has 118 valence electrons. The predicted molar refractivity (Wildman–Crippen MR) is 86.1 cm³/mol. The molecule has 3 rings (SSSR count). The average Bonchev–Trinajstić information content (AvgIpc) is 2.85. The van der Waals surface area contributed by atoms with Gasteiger partial charge in [-0.2, -0.15) is 0 Å². The van der Waals surface area contributed by atoms with Gasteiger partial charge in [-0.1, -0.05) is 45.4 Å². The summed E-state index contributed by atoms with van der Waals surface area (Å²) in [4.78, 5) is 14.9. The van der Waals surface area contributed by atoms with E-state index in [1.807, 2.05) is 18.2 Å². The molecule has 2 N–H and O–H groups in total. The minimum atomic E-state index is -0.822. The number of aromatic nitrogens is 1. The Balaban J connectivity index is 2.28. The number of aromatic amines is 1. The highest BCUT2D eigenvalue weighted by Gasteiger charge is 2.47. The number of rotatable bonds is 4. The highest BCUT2D eigenvalue weighted by atomic mass is 16.5. The molecule has 0 saturated heterocycles. The van der Waals surface area contributed by atoms with E-state index in [4.69, 9.17) is 4.74 Å².